The highest BCUT2D eigenvalue weighted by Crippen LogP contribution is 2.20. The molecule has 0 bridgehead atoms. The van der Waals surface area contributed by atoms with Gasteiger partial charge >= 0.3 is 5.97 Å². The van der Waals surface area contributed by atoms with Gasteiger partial charge in [-0.05, 0) is 35.8 Å². The van der Waals surface area contributed by atoms with Crippen molar-refractivity contribution in [2.75, 3.05) is 13.7 Å². The third-order valence-corrected chi connectivity index (χ3v) is 4.12. The zero-order valence-corrected chi connectivity index (χ0v) is 14.4. The molecule has 1 aromatic rings. The van der Waals surface area contributed by atoms with Crippen LogP contribution in [0.1, 0.15) is 12.5 Å². The van der Waals surface area contributed by atoms with Crippen LogP contribution in [0.15, 0.2) is 64.9 Å². The number of hydrogen-bond acceptors (Lipinski definition) is 3. The second-order valence-electron chi connectivity index (χ2n) is 5.23. The first-order valence-electron chi connectivity index (χ1n) is 7.25. The molecule has 1 aromatic carbocycles. The molecule has 0 aliphatic carbocycles. The Labute approximate surface area is 140 Å². The Hall–Kier alpha value is -1.81. The molecule has 0 spiro atoms. The van der Waals surface area contributed by atoms with Gasteiger partial charge in [0.05, 0.1) is 7.11 Å². The number of esters is 1. The van der Waals surface area contributed by atoms with E-state index in [1.807, 2.05) is 6.08 Å². The van der Waals surface area contributed by atoms with Crippen molar-refractivity contribution in [3.8, 4) is 0 Å². The lowest BCUT2D eigenvalue weighted by Gasteiger charge is -2.23. The second kappa shape index (κ2) is 7.99. The first kappa shape index (κ1) is 16.6. The quantitative estimate of drug-likeness (QED) is 0.584. The maximum Gasteiger partial charge on any atom is 0.330 e. The number of hydrogen-bond donors (Lipinski definition) is 0. The van der Waals surface area contributed by atoms with Crippen molar-refractivity contribution in [3.05, 3.63) is 70.5 Å². The van der Waals surface area contributed by atoms with Crippen LogP contribution in [0.4, 0.5) is 0 Å². The van der Waals surface area contributed by atoms with Crippen LogP contribution < -0.4 is 0 Å². The van der Waals surface area contributed by atoms with Crippen molar-refractivity contribution in [1.82, 2.24) is 4.90 Å². The van der Waals surface area contributed by atoms with Gasteiger partial charge in [0, 0.05) is 35.4 Å². The van der Waals surface area contributed by atoms with E-state index >= 15 is 0 Å². The van der Waals surface area contributed by atoms with Gasteiger partial charge in [-0.15, -0.1) is 0 Å². The maximum absolute atomic E-state index is 11.2. The number of rotatable bonds is 5. The monoisotopic (exact) mass is 361 g/mol. The normalized spacial score (nSPS) is 17.7. The van der Waals surface area contributed by atoms with E-state index in [4.69, 9.17) is 0 Å². The third-order valence-electron chi connectivity index (χ3n) is 3.59. The zero-order chi connectivity index (χ0) is 15.9. The summed E-state index contributed by atoms with van der Waals surface area (Å²) in [5.74, 6) is -0.0334. The SMILES string of the molecule is COC(=O)/C=C/C1=CN(CCc2ccc(Br)cc2)C=CC1C. The summed E-state index contributed by atoms with van der Waals surface area (Å²) < 4.78 is 5.73. The van der Waals surface area contributed by atoms with Gasteiger partial charge in [-0.2, -0.15) is 0 Å². The van der Waals surface area contributed by atoms with E-state index in [9.17, 15) is 4.79 Å². The fraction of sp³-hybridized carbons (Fsp3) is 0.278. The Bertz CT molecular complexity index is 602. The van der Waals surface area contributed by atoms with E-state index in [2.05, 4.69) is 75.2 Å². The minimum atomic E-state index is -0.330. The molecular weight excluding hydrogens is 342 g/mol. The van der Waals surface area contributed by atoms with Gasteiger partial charge in [0.2, 0.25) is 0 Å². The molecule has 4 heteroatoms. The second-order valence-corrected chi connectivity index (χ2v) is 6.15. The van der Waals surface area contributed by atoms with Crippen molar-refractivity contribution < 1.29 is 9.53 Å². The lowest BCUT2D eigenvalue weighted by molar-refractivity contribution is -0.134. The van der Waals surface area contributed by atoms with Gasteiger partial charge in [-0.1, -0.05) is 41.1 Å². The van der Waals surface area contributed by atoms with Gasteiger partial charge in [0.25, 0.3) is 0 Å². The number of carbonyl (C=O) groups is 1. The Morgan fingerprint density at radius 3 is 2.77 bits per heavy atom. The lowest BCUT2D eigenvalue weighted by Crippen LogP contribution is -2.18. The molecule has 0 radical (unpaired) electrons. The minimum Gasteiger partial charge on any atom is -0.466 e. The fourth-order valence-electron chi connectivity index (χ4n) is 2.18. The number of ether oxygens (including phenoxy) is 1. The van der Waals surface area contributed by atoms with E-state index in [1.165, 1.54) is 18.7 Å². The number of nitrogens with zero attached hydrogens (tertiary/aromatic N) is 1. The molecule has 3 nitrogen and oxygen atoms in total. The molecule has 1 aliphatic rings. The molecule has 0 amide bonds. The van der Waals surface area contributed by atoms with E-state index in [0.29, 0.717) is 5.92 Å². The standard InChI is InChI=1S/C18H20BrNO2/c1-14-9-11-20(13-16(14)5-8-18(21)22-2)12-10-15-3-6-17(19)7-4-15/h3-9,11,13-14H,10,12H2,1-2H3/b8-5+. The topological polar surface area (TPSA) is 29.5 Å². The van der Waals surface area contributed by atoms with Crippen molar-refractivity contribution in [3.63, 3.8) is 0 Å². The zero-order valence-electron chi connectivity index (χ0n) is 12.8. The predicted octanol–water partition coefficient (Wildman–Crippen LogP) is 4.07. The predicted molar refractivity (Wildman–Crippen MR) is 92.1 cm³/mol. The summed E-state index contributed by atoms with van der Waals surface area (Å²) in [6.07, 6.45) is 10.6. The molecule has 116 valence electrons. The van der Waals surface area contributed by atoms with Crippen molar-refractivity contribution in [2.24, 2.45) is 5.92 Å². The molecule has 1 unspecified atom stereocenters. The Morgan fingerprint density at radius 2 is 2.09 bits per heavy atom. The summed E-state index contributed by atoms with van der Waals surface area (Å²) in [4.78, 5) is 13.4. The average Bonchev–Trinajstić information content (AvgIpc) is 2.54. The Kier molecular flexibility index (Phi) is 6.01. The largest absolute Gasteiger partial charge is 0.466 e. The van der Waals surface area contributed by atoms with Crippen LogP contribution in [0.3, 0.4) is 0 Å². The number of carbonyl (C=O) groups excluding carboxylic acids is 1. The highest BCUT2D eigenvalue weighted by molar-refractivity contribution is 9.10. The summed E-state index contributed by atoms with van der Waals surface area (Å²) >= 11 is 3.45. The van der Waals surface area contributed by atoms with Crippen LogP contribution in [0, 0.1) is 5.92 Å². The van der Waals surface area contributed by atoms with E-state index in [0.717, 1.165) is 23.0 Å². The lowest BCUT2D eigenvalue weighted by atomic mass is 9.99. The summed E-state index contributed by atoms with van der Waals surface area (Å²) in [7, 11) is 1.38. The first-order valence-corrected chi connectivity index (χ1v) is 8.04. The molecule has 0 fully saturated rings. The fourth-order valence-corrected chi connectivity index (χ4v) is 2.44. The van der Waals surface area contributed by atoms with Crippen LogP contribution in [-0.4, -0.2) is 24.5 Å². The van der Waals surface area contributed by atoms with Crippen molar-refractivity contribution in [1.29, 1.82) is 0 Å². The van der Waals surface area contributed by atoms with Gasteiger partial charge in [-0.25, -0.2) is 4.79 Å². The number of halogens is 1. The molecule has 0 saturated heterocycles. The first-order chi connectivity index (χ1) is 10.6. The molecule has 22 heavy (non-hydrogen) atoms. The minimum absolute atomic E-state index is 0.296. The number of methoxy groups -OCH3 is 1. The molecule has 1 aliphatic heterocycles. The molecule has 1 atom stereocenters. The highest BCUT2D eigenvalue weighted by atomic mass is 79.9. The van der Waals surface area contributed by atoms with E-state index in [1.54, 1.807) is 0 Å². The molecule has 0 N–H and O–H groups in total. The average molecular weight is 362 g/mol. The van der Waals surface area contributed by atoms with Gasteiger partial charge in [-0.3, -0.25) is 0 Å². The molecule has 1 heterocycles. The molecular formula is C18H20BrNO2. The van der Waals surface area contributed by atoms with E-state index < -0.39 is 0 Å². The summed E-state index contributed by atoms with van der Waals surface area (Å²) in [6, 6.07) is 8.37. The summed E-state index contributed by atoms with van der Waals surface area (Å²) in [5, 5.41) is 0. The Morgan fingerprint density at radius 1 is 1.36 bits per heavy atom. The number of allylic oxidation sites excluding steroid dienone is 3. The van der Waals surface area contributed by atoms with E-state index in [-0.39, 0.29) is 5.97 Å². The molecule has 0 saturated carbocycles. The van der Waals surface area contributed by atoms with Crippen LogP contribution in [0.2, 0.25) is 0 Å². The highest BCUT2D eigenvalue weighted by Gasteiger charge is 2.10. The summed E-state index contributed by atoms with van der Waals surface area (Å²) in [5.41, 5.74) is 2.40. The van der Waals surface area contributed by atoms with Crippen LogP contribution >= 0.6 is 15.9 Å². The Balaban J connectivity index is 1.97. The van der Waals surface area contributed by atoms with Crippen molar-refractivity contribution in [2.45, 2.75) is 13.3 Å². The van der Waals surface area contributed by atoms with Crippen LogP contribution in [0.25, 0.3) is 0 Å². The van der Waals surface area contributed by atoms with Crippen LogP contribution in [-0.2, 0) is 16.0 Å². The molecule has 0 aromatic heterocycles. The van der Waals surface area contributed by atoms with Crippen molar-refractivity contribution >= 4 is 21.9 Å². The summed E-state index contributed by atoms with van der Waals surface area (Å²) in [6.45, 7) is 3.01. The smallest absolute Gasteiger partial charge is 0.330 e. The third kappa shape index (κ3) is 4.88. The van der Waals surface area contributed by atoms with Crippen LogP contribution in [0.5, 0.6) is 0 Å². The maximum atomic E-state index is 11.2. The molecule has 2 rings (SSSR count). The van der Waals surface area contributed by atoms with Gasteiger partial charge in [0.1, 0.15) is 0 Å². The van der Waals surface area contributed by atoms with Gasteiger partial charge < -0.3 is 9.64 Å². The van der Waals surface area contributed by atoms with Gasteiger partial charge in [0.15, 0.2) is 0 Å². The number of benzene rings is 1.